The van der Waals surface area contributed by atoms with Crippen LogP contribution in [-0.4, -0.2) is 31.4 Å². The molecule has 31 heavy (non-hydrogen) atoms. The second-order valence-electron chi connectivity index (χ2n) is 7.49. The van der Waals surface area contributed by atoms with Crippen LogP contribution in [0.5, 0.6) is 0 Å². The fraction of sp³-hybridized carbons (Fsp3) is 0.208. The molecule has 0 aliphatic heterocycles. The Bertz CT molecular complexity index is 1090. The summed E-state index contributed by atoms with van der Waals surface area (Å²) < 4.78 is 39.2. The molecule has 3 aromatic rings. The second kappa shape index (κ2) is 9.85. The summed E-state index contributed by atoms with van der Waals surface area (Å²) in [5.41, 5.74) is 2.14. The smallest absolute Gasteiger partial charge is 0.229 e. The fourth-order valence-electron chi connectivity index (χ4n) is 3.33. The average Bonchev–Trinajstić information content (AvgIpc) is 2.74. The van der Waals surface area contributed by atoms with E-state index in [1.54, 1.807) is 6.92 Å². The molecule has 0 aliphatic rings. The van der Waals surface area contributed by atoms with Crippen LogP contribution in [0.25, 0.3) is 0 Å². The molecule has 0 saturated carbocycles. The second-order valence-corrected chi connectivity index (χ2v) is 9.23. The Balaban J connectivity index is 1.88. The third-order valence-electron chi connectivity index (χ3n) is 4.93. The number of anilines is 1. The number of hydrogen-bond acceptors (Lipinski definition) is 4. The molecule has 0 bridgehead atoms. The zero-order chi connectivity index (χ0) is 22.4. The van der Waals surface area contributed by atoms with Gasteiger partial charge in [0.05, 0.1) is 18.0 Å². The van der Waals surface area contributed by atoms with Crippen molar-refractivity contribution in [2.24, 2.45) is 0 Å². The summed E-state index contributed by atoms with van der Waals surface area (Å²) in [4.78, 5) is 15.3. The van der Waals surface area contributed by atoms with Crippen LogP contribution in [0.3, 0.4) is 0 Å². The van der Waals surface area contributed by atoms with Gasteiger partial charge in [-0.3, -0.25) is 14.4 Å². The largest absolute Gasteiger partial charge is 0.292 e. The molecule has 1 N–H and O–H groups in total. The number of Topliss-reactive ketones (excluding diaryl/α,β-unsaturated/α-hetero) is 1. The van der Waals surface area contributed by atoms with Gasteiger partial charge in [-0.1, -0.05) is 60.7 Å². The van der Waals surface area contributed by atoms with Crippen molar-refractivity contribution in [2.45, 2.75) is 26.1 Å². The van der Waals surface area contributed by atoms with Gasteiger partial charge in [-0.25, -0.2) is 12.8 Å². The number of halogens is 1. The molecule has 0 fully saturated rings. The van der Waals surface area contributed by atoms with Crippen LogP contribution in [0.15, 0.2) is 78.9 Å². The molecular formula is C24H25FN2O3S. The van der Waals surface area contributed by atoms with Crippen molar-refractivity contribution < 1.29 is 17.6 Å². The van der Waals surface area contributed by atoms with Crippen LogP contribution in [0, 0.1) is 5.82 Å². The van der Waals surface area contributed by atoms with Crippen LogP contribution in [0.1, 0.15) is 28.4 Å². The molecule has 3 rings (SSSR count). The molecule has 0 aromatic heterocycles. The van der Waals surface area contributed by atoms with Crippen LogP contribution in [0.2, 0.25) is 0 Å². The van der Waals surface area contributed by atoms with Gasteiger partial charge < -0.3 is 0 Å². The molecule has 0 amide bonds. The standard InChI is InChI=1S/C24H25FN2O3S/c1-18(24(28)21-13-14-22(25)23(15-21)26-31(2,29)30)27(16-19-9-5-3-6-10-19)17-20-11-7-4-8-12-20/h3-15,18,26H,16-17H2,1-2H3. The maximum absolute atomic E-state index is 14.0. The van der Waals surface area contributed by atoms with Gasteiger partial charge in [0, 0.05) is 18.7 Å². The Kier molecular flexibility index (Phi) is 7.20. The van der Waals surface area contributed by atoms with Crippen LogP contribution < -0.4 is 4.72 Å². The minimum Gasteiger partial charge on any atom is -0.292 e. The van der Waals surface area contributed by atoms with Crippen LogP contribution in [0.4, 0.5) is 10.1 Å². The highest BCUT2D eigenvalue weighted by molar-refractivity contribution is 7.92. The van der Waals surface area contributed by atoms with Gasteiger partial charge in [0.1, 0.15) is 5.82 Å². The number of rotatable bonds is 9. The SMILES string of the molecule is CC(C(=O)c1ccc(F)c(NS(C)(=O)=O)c1)N(Cc1ccccc1)Cc1ccccc1. The van der Waals surface area contributed by atoms with E-state index in [0.29, 0.717) is 13.1 Å². The summed E-state index contributed by atoms with van der Waals surface area (Å²) in [6, 6.07) is 22.9. The molecule has 0 radical (unpaired) electrons. The van der Waals surface area contributed by atoms with Crippen molar-refractivity contribution in [1.29, 1.82) is 0 Å². The first-order chi connectivity index (χ1) is 14.7. The molecule has 0 aliphatic carbocycles. The van der Waals surface area contributed by atoms with E-state index in [1.807, 2.05) is 65.6 Å². The molecule has 7 heteroatoms. The van der Waals surface area contributed by atoms with Crippen molar-refractivity contribution in [3.8, 4) is 0 Å². The molecule has 5 nitrogen and oxygen atoms in total. The minimum atomic E-state index is -3.67. The van der Waals surface area contributed by atoms with E-state index in [9.17, 15) is 17.6 Å². The number of ketones is 1. The normalized spacial score (nSPS) is 12.5. The Hall–Kier alpha value is -3.03. The highest BCUT2D eigenvalue weighted by atomic mass is 32.2. The first kappa shape index (κ1) is 22.7. The number of benzene rings is 3. The lowest BCUT2D eigenvalue weighted by Crippen LogP contribution is -2.38. The summed E-state index contributed by atoms with van der Waals surface area (Å²) >= 11 is 0. The summed E-state index contributed by atoms with van der Waals surface area (Å²) in [5.74, 6) is -0.955. The van der Waals surface area contributed by atoms with Gasteiger partial charge in [-0.2, -0.15) is 0 Å². The number of nitrogens with zero attached hydrogens (tertiary/aromatic N) is 1. The number of nitrogens with one attached hydrogen (secondary N) is 1. The third kappa shape index (κ3) is 6.47. The first-order valence-corrected chi connectivity index (χ1v) is 11.8. The molecule has 1 unspecified atom stereocenters. The fourth-order valence-corrected chi connectivity index (χ4v) is 3.89. The van der Waals surface area contributed by atoms with Crippen molar-refractivity contribution in [3.63, 3.8) is 0 Å². The summed E-state index contributed by atoms with van der Waals surface area (Å²) in [5, 5.41) is 0. The Morgan fingerprint density at radius 3 is 1.94 bits per heavy atom. The molecular weight excluding hydrogens is 415 g/mol. The van der Waals surface area contributed by atoms with Gasteiger partial charge in [-0.05, 0) is 36.2 Å². The number of carbonyl (C=O) groups excluding carboxylic acids is 1. The maximum Gasteiger partial charge on any atom is 0.229 e. The Labute approximate surface area is 182 Å². The maximum atomic E-state index is 14.0. The predicted molar refractivity (Wildman–Crippen MR) is 121 cm³/mol. The summed E-state index contributed by atoms with van der Waals surface area (Å²) in [6.07, 6.45) is 0.936. The van der Waals surface area contributed by atoms with Gasteiger partial charge in [-0.15, -0.1) is 0 Å². The summed E-state index contributed by atoms with van der Waals surface area (Å²) in [7, 11) is -3.67. The average molecular weight is 441 g/mol. The van der Waals surface area contributed by atoms with Crippen molar-refractivity contribution in [1.82, 2.24) is 4.90 Å². The van der Waals surface area contributed by atoms with Gasteiger partial charge in [0.25, 0.3) is 0 Å². The molecule has 0 heterocycles. The minimum absolute atomic E-state index is 0.219. The Morgan fingerprint density at radius 1 is 0.935 bits per heavy atom. The third-order valence-corrected chi connectivity index (χ3v) is 5.52. The Morgan fingerprint density at radius 2 is 1.45 bits per heavy atom. The highest BCUT2D eigenvalue weighted by Gasteiger charge is 2.24. The first-order valence-electron chi connectivity index (χ1n) is 9.86. The topological polar surface area (TPSA) is 66.5 Å². The van der Waals surface area contributed by atoms with Crippen LogP contribution >= 0.6 is 0 Å². The number of carbonyl (C=O) groups is 1. The number of sulfonamides is 1. The monoisotopic (exact) mass is 440 g/mol. The van der Waals surface area contributed by atoms with Crippen molar-refractivity contribution in [3.05, 3.63) is 101 Å². The van der Waals surface area contributed by atoms with Gasteiger partial charge in [0.2, 0.25) is 10.0 Å². The van der Waals surface area contributed by atoms with Gasteiger partial charge >= 0.3 is 0 Å². The lowest BCUT2D eigenvalue weighted by Gasteiger charge is -2.28. The van der Waals surface area contributed by atoms with Crippen LogP contribution in [-0.2, 0) is 23.1 Å². The molecule has 162 valence electrons. The summed E-state index contributed by atoms with van der Waals surface area (Å²) in [6.45, 7) is 2.91. The molecule has 1 atom stereocenters. The van der Waals surface area contributed by atoms with E-state index in [-0.39, 0.29) is 17.0 Å². The van der Waals surface area contributed by atoms with E-state index in [1.165, 1.54) is 12.1 Å². The quantitative estimate of drug-likeness (QED) is 0.499. The van der Waals surface area contributed by atoms with E-state index < -0.39 is 21.9 Å². The lowest BCUT2D eigenvalue weighted by atomic mass is 10.0. The molecule has 3 aromatic carbocycles. The molecule has 0 spiro atoms. The van der Waals surface area contributed by atoms with E-state index in [4.69, 9.17) is 0 Å². The zero-order valence-corrected chi connectivity index (χ0v) is 18.3. The van der Waals surface area contributed by atoms with Crippen molar-refractivity contribution in [2.75, 3.05) is 11.0 Å². The van der Waals surface area contributed by atoms with E-state index in [0.717, 1.165) is 23.4 Å². The number of hydrogen-bond donors (Lipinski definition) is 1. The van der Waals surface area contributed by atoms with Crippen molar-refractivity contribution >= 4 is 21.5 Å². The molecule has 0 saturated heterocycles. The predicted octanol–water partition coefficient (Wildman–Crippen LogP) is 4.47. The van der Waals surface area contributed by atoms with Gasteiger partial charge in [0.15, 0.2) is 5.78 Å². The van der Waals surface area contributed by atoms with E-state index in [2.05, 4.69) is 4.72 Å². The lowest BCUT2D eigenvalue weighted by molar-refractivity contribution is 0.0816. The van der Waals surface area contributed by atoms with E-state index >= 15 is 0 Å². The highest BCUT2D eigenvalue weighted by Crippen LogP contribution is 2.21. The zero-order valence-electron chi connectivity index (χ0n) is 17.5.